The maximum atomic E-state index is 12.1. The fourth-order valence-corrected chi connectivity index (χ4v) is 4.05. The first-order chi connectivity index (χ1) is 13.4. The van der Waals surface area contributed by atoms with Gasteiger partial charge in [0.1, 0.15) is 17.1 Å². The van der Waals surface area contributed by atoms with E-state index in [1.807, 2.05) is 32.1 Å². The molecule has 0 saturated carbocycles. The molecule has 8 heteroatoms. The van der Waals surface area contributed by atoms with Crippen molar-refractivity contribution in [3.63, 3.8) is 0 Å². The Bertz CT molecular complexity index is 866. The van der Waals surface area contributed by atoms with Crippen molar-refractivity contribution in [1.29, 1.82) is 0 Å². The van der Waals surface area contributed by atoms with Gasteiger partial charge in [-0.2, -0.15) is 0 Å². The number of ether oxygens (including phenoxy) is 2. The third-order valence-electron chi connectivity index (χ3n) is 3.59. The molecule has 1 aliphatic rings. The van der Waals surface area contributed by atoms with Gasteiger partial charge in [0, 0.05) is 9.60 Å². The molecular formula is C20H18O5S3. The molecule has 28 heavy (non-hydrogen) atoms. The Morgan fingerprint density at radius 1 is 1.14 bits per heavy atom. The minimum Gasteiger partial charge on any atom is -0.478 e. The summed E-state index contributed by atoms with van der Waals surface area (Å²) < 4.78 is 11.9. The van der Waals surface area contributed by atoms with Gasteiger partial charge < -0.3 is 14.6 Å². The number of carbonyl (C=O) groups excluding carboxylic acids is 1. The number of carbonyl (C=O) groups is 2. The van der Waals surface area contributed by atoms with Gasteiger partial charge in [0.25, 0.3) is 0 Å². The van der Waals surface area contributed by atoms with Gasteiger partial charge in [-0.05, 0) is 53.5 Å². The first-order valence-electron chi connectivity index (χ1n) is 8.22. The Kier molecular flexibility index (Phi) is 8.56. The molecule has 1 unspecified atom stereocenters. The van der Waals surface area contributed by atoms with E-state index in [9.17, 15) is 14.7 Å². The lowest BCUT2D eigenvalue weighted by Gasteiger charge is -2.09. The van der Waals surface area contributed by atoms with E-state index in [1.54, 1.807) is 29.0 Å². The van der Waals surface area contributed by atoms with E-state index in [2.05, 4.69) is 0 Å². The number of carboxylic acids is 1. The molecule has 2 rings (SSSR count). The summed E-state index contributed by atoms with van der Waals surface area (Å²) in [7, 11) is 2.97. The number of rotatable bonds is 7. The van der Waals surface area contributed by atoms with E-state index < -0.39 is 12.1 Å². The van der Waals surface area contributed by atoms with Crippen LogP contribution in [0.15, 0.2) is 66.0 Å². The minimum absolute atomic E-state index is 0.0224. The van der Waals surface area contributed by atoms with Crippen LogP contribution >= 0.6 is 33.8 Å². The summed E-state index contributed by atoms with van der Waals surface area (Å²) in [5.74, 6) is -0.947. The number of allylic oxidation sites excluding steroid dienone is 4. The zero-order valence-electron chi connectivity index (χ0n) is 15.2. The average Bonchev–Trinajstić information content (AvgIpc) is 2.85. The summed E-state index contributed by atoms with van der Waals surface area (Å²) in [4.78, 5) is 24.5. The highest BCUT2D eigenvalue weighted by molar-refractivity contribution is 8.85. The van der Waals surface area contributed by atoms with Gasteiger partial charge in [0.15, 0.2) is 0 Å². The van der Waals surface area contributed by atoms with Crippen molar-refractivity contribution in [2.45, 2.75) is 13.8 Å². The predicted octanol–water partition coefficient (Wildman–Crippen LogP) is 6.00. The highest BCUT2D eigenvalue weighted by Crippen LogP contribution is 2.36. The summed E-state index contributed by atoms with van der Waals surface area (Å²) in [6.45, 7) is 3.81. The van der Waals surface area contributed by atoms with E-state index in [1.165, 1.54) is 33.7 Å². The van der Waals surface area contributed by atoms with Gasteiger partial charge in [-0.3, -0.25) is 0 Å². The van der Waals surface area contributed by atoms with Gasteiger partial charge in [-0.15, -0.1) is 0 Å². The molecular weight excluding hydrogens is 416 g/mol. The molecule has 1 aromatic carbocycles. The van der Waals surface area contributed by atoms with Crippen molar-refractivity contribution in [1.82, 2.24) is 0 Å². The molecule has 0 spiro atoms. The molecule has 1 aliphatic carbocycles. The van der Waals surface area contributed by atoms with Crippen molar-refractivity contribution in [3.8, 4) is 5.75 Å². The first kappa shape index (κ1) is 22.0. The molecule has 5 nitrogen and oxygen atoms in total. The molecule has 1 N–H and O–H groups in total. The highest BCUT2D eigenvalue weighted by Gasteiger charge is 2.18. The van der Waals surface area contributed by atoms with Crippen LogP contribution in [0.2, 0.25) is 0 Å². The van der Waals surface area contributed by atoms with Crippen molar-refractivity contribution in [2.24, 2.45) is 5.92 Å². The smallest absolute Gasteiger partial charge is 0.478 e. The van der Waals surface area contributed by atoms with Crippen LogP contribution in [0.4, 0.5) is 4.79 Å². The normalized spacial score (nSPS) is 16.5. The van der Waals surface area contributed by atoms with Crippen LogP contribution in [0.5, 0.6) is 5.75 Å². The van der Waals surface area contributed by atoms with Crippen molar-refractivity contribution in [3.05, 3.63) is 71.5 Å². The Balaban J connectivity index is 2.08. The van der Waals surface area contributed by atoms with Gasteiger partial charge in [0.2, 0.25) is 0 Å². The standard InChI is InChI=1S/C20H18O5S3/c1-3-18(28-27-12-26)14-6-8-15(9-7-14)24-20(23)25-17-11-5-13(2)4-10-16(17)19(21)22/h3-13H,1-2H3,(H,21,22)/b18-3-. The van der Waals surface area contributed by atoms with Crippen LogP contribution < -0.4 is 4.74 Å². The average molecular weight is 435 g/mol. The third-order valence-corrected chi connectivity index (χ3v) is 6.18. The number of carboxylic acid groups (broad SMARTS) is 1. The predicted molar refractivity (Wildman–Crippen MR) is 118 cm³/mol. The Hall–Kier alpha value is -2.29. The number of hydrogen-bond acceptors (Lipinski definition) is 7. The van der Waals surface area contributed by atoms with Crippen molar-refractivity contribution in [2.75, 3.05) is 0 Å². The molecule has 0 aliphatic heterocycles. The van der Waals surface area contributed by atoms with E-state index in [4.69, 9.17) is 21.7 Å². The van der Waals surface area contributed by atoms with Crippen molar-refractivity contribution >= 4 is 55.5 Å². The van der Waals surface area contributed by atoms with Gasteiger partial charge in [0.05, 0.1) is 0 Å². The molecule has 0 bridgehead atoms. The maximum absolute atomic E-state index is 12.1. The minimum atomic E-state index is -1.19. The SMILES string of the molecule is C/C=C(\SSC=S)c1ccc(OC(=O)OC2=C(C(=O)O)C=CC(C)C=C2)cc1. The second kappa shape index (κ2) is 10.9. The lowest BCUT2D eigenvalue weighted by molar-refractivity contribution is -0.132. The summed E-state index contributed by atoms with van der Waals surface area (Å²) in [6.07, 6.45) is 7.28. The summed E-state index contributed by atoms with van der Waals surface area (Å²) in [5.41, 5.74) is 0.845. The molecule has 0 fully saturated rings. The Morgan fingerprint density at radius 3 is 2.43 bits per heavy atom. The van der Waals surface area contributed by atoms with E-state index in [0.717, 1.165) is 10.5 Å². The van der Waals surface area contributed by atoms with Crippen LogP contribution in [0.25, 0.3) is 4.91 Å². The van der Waals surface area contributed by atoms with E-state index in [-0.39, 0.29) is 23.0 Å². The maximum Gasteiger partial charge on any atom is 0.519 e. The van der Waals surface area contributed by atoms with Crippen LogP contribution in [0, 0.1) is 5.92 Å². The first-order valence-corrected chi connectivity index (χ1v) is 10.9. The van der Waals surface area contributed by atoms with Crippen LogP contribution in [-0.4, -0.2) is 21.9 Å². The van der Waals surface area contributed by atoms with Gasteiger partial charge in [-0.25, -0.2) is 9.59 Å². The van der Waals surface area contributed by atoms with Crippen LogP contribution in [-0.2, 0) is 9.53 Å². The molecule has 1 atom stereocenters. The second-order valence-corrected chi connectivity index (χ2v) is 8.21. The van der Waals surface area contributed by atoms with Crippen LogP contribution in [0.3, 0.4) is 0 Å². The Labute approximate surface area is 176 Å². The zero-order valence-corrected chi connectivity index (χ0v) is 17.6. The molecule has 0 saturated heterocycles. The van der Waals surface area contributed by atoms with Gasteiger partial charge in [-0.1, -0.05) is 60.3 Å². The molecule has 0 amide bonds. The highest BCUT2D eigenvalue weighted by atomic mass is 33.1. The number of hydrogen-bond donors (Lipinski definition) is 1. The van der Waals surface area contributed by atoms with E-state index in [0.29, 0.717) is 0 Å². The fraction of sp³-hybridized carbons (Fsp3) is 0.150. The van der Waals surface area contributed by atoms with Crippen molar-refractivity contribution < 1.29 is 24.2 Å². The third kappa shape index (κ3) is 6.40. The number of thiocarbonyl (C=S) groups is 1. The second-order valence-electron chi connectivity index (χ2n) is 5.57. The fourth-order valence-electron chi connectivity index (χ4n) is 2.22. The van der Waals surface area contributed by atoms with Crippen LogP contribution in [0.1, 0.15) is 19.4 Å². The molecule has 1 aromatic rings. The summed E-state index contributed by atoms with van der Waals surface area (Å²) in [6, 6.07) is 6.90. The number of aliphatic carboxylic acids is 1. The van der Waals surface area contributed by atoms with Gasteiger partial charge >= 0.3 is 12.1 Å². The monoisotopic (exact) mass is 434 g/mol. The quantitative estimate of drug-likeness (QED) is 0.242. The molecule has 0 heterocycles. The van der Waals surface area contributed by atoms with E-state index >= 15 is 0 Å². The lowest BCUT2D eigenvalue weighted by Crippen LogP contribution is -2.12. The molecule has 0 radical (unpaired) electrons. The summed E-state index contributed by atoms with van der Waals surface area (Å²) in [5, 5.41) is 9.30. The molecule has 146 valence electrons. The Morgan fingerprint density at radius 2 is 1.82 bits per heavy atom. The zero-order chi connectivity index (χ0) is 20.5. The number of benzene rings is 1. The largest absolute Gasteiger partial charge is 0.519 e. The summed E-state index contributed by atoms with van der Waals surface area (Å²) >= 11 is 4.81. The molecule has 0 aromatic heterocycles. The topological polar surface area (TPSA) is 72.8 Å². The lowest BCUT2D eigenvalue weighted by atomic mass is 10.1.